The summed E-state index contributed by atoms with van der Waals surface area (Å²) in [6.45, 7) is 3.85. The van der Waals surface area contributed by atoms with Crippen LogP contribution in [0, 0.1) is 0 Å². The molecule has 1 fully saturated rings. The van der Waals surface area contributed by atoms with Crippen LogP contribution in [-0.4, -0.2) is 51.7 Å². The van der Waals surface area contributed by atoms with Gasteiger partial charge in [-0.05, 0) is 66.1 Å². The Bertz CT molecular complexity index is 1980. The van der Waals surface area contributed by atoms with Gasteiger partial charge >= 0.3 is 22.4 Å². The molecule has 1 aromatic heterocycles. The van der Waals surface area contributed by atoms with Gasteiger partial charge in [0.1, 0.15) is 11.2 Å². The molecule has 1 N–H and O–H groups in total. The number of rotatable bonds is 7. The van der Waals surface area contributed by atoms with Gasteiger partial charge in [-0.1, -0.05) is 51.1 Å². The van der Waals surface area contributed by atoms with Crippen LogP contribution in [-0.2, 0) is 11.0 Å². The van der Waals surface area contributed by atoms with E-state index in [1.807, 2.05) is 45.0 Å². The van der Waals surface area contributed by atoms with Crippen molar-refractivity contribution in [2.45, 2.75) is 30.8 Å². The number of amides is 3. The summed E-state index contributed by atoms with van der Waals surface area (Å²) >= 11 is 0.958. The molecule has 1 saturated heterocycles. The molecule has 9 nitrogen and oxygen atoms in total. The molecular weight excluding hydrogens is 706 g/mol. The first-order valence-electron chi connectivity index (χ1n) is 14.2. The van der Waals surface area contributed by atoms with Gasteiger partial charge in [0.15, 0.2) is 11.0 Å². The summed E-state index contributed by atoms with van der Waals surface area (Å²) < 4.78 is 109. The average molecular weight is 734 g/mol. The molecule has 1 aliphatic rings. The maximum absolute atomic E-state index is 14.2. The molecule has 0 saturated carbocycles. The van der Waals surface area contributed by atoms with Gasteiger partial charge < -0.3 is 10.2 Å². The average Bonchev–Trinajstić information content (AvgIpc) is 3.62. The van der Waals surface area contributed by atoms with Crippen LogP contribution in [0.4, 0.5) is 54.5 Å². The number of aliphatic imine (C=N–C) groups is 1. The highest BCUT2D eigenvalue weighted by Gasteiger charge is 2.65. The second-order valence-corrected chi connectivity index (χ2v) is 14.7. The minimum atomic E-state index is -9.92. The van der Waals surface area contributed by atoms with Crippen molar-refractivity contribution >= 4 is 56.2 Å². The summed E-state index contributed by atoms with van der Waals surface area (Å²) in [6, 6.07) is 8.85. The van der Waals surface area contributed by atoms with E-state index in [1.54, 1.807) is 6.07 Å². The highest BCUT2D eigenvalue weighted by Crippen LogP contribution is 3.02. The third kappa shape index (κ3) is 7.82. The minimum absolute atomic E-state index is 0.0163. The van der Waals surface area contributed by atoms with Crippen molar-refractivity contribution in [1.82, 2.24) is 14.8 Å². The Kier molecular flexibility index (Phi) is 8.55. The van der Waals surface area contributed by atoms with Gasteiger partial charge in [-0.2, -0.15) is 18.2 Å². The number of thioether (sulfide) groups is 1. The Balaban J connectivity index is 1.42. The molecule has 0 spiro atoms. The maximum Gasteiger partial charge on any atom is 0.418 e. The second-order valence-electron chi connectivity index (χ2n) is 11.4. The van der Waals surface area contributed by atoms with Gasteiger partial charge in [0.2, 0.25) is 5.91 Å². The smallest absolute Gasteiger partial charge is 0.378 e. The molecule has 2 heterocycles. The SMILES string of the molecule is CC(C)c1ccc(N(C)C)cc1N1C(=O)CS/C1=N\C(=O)Nc1ccc(-c2ncn(-c3ccc(S(F)(F)(F)(F)F)cc3)n2)cc1C(F)(F)F. The van der Waals surface area contributed by atoms with Crippen molar-refractivity contribution < 1.29 is 42.2 Å². The van der Waals surface area contributed by atoms with Gasteiger partial charge in [-0.25, -0.2) is 14.5 Å². The molecule has 0 bridgehead atoms. The Labute approximate surface area is 278 Å². The predicted molar refractivity (Wildman–Crippen MR) is 174 cm³/mol. The van der Waals surface area contributed by atoms with E-state index in [0.717, 1.165) is 46.2 Å². The van der Waals surface area contributed by atoms with Crippen LogP contribution < -0.4 is 15.1 Å². The molecule has 0 atom stereocenters. The fourth-order valence-corrected chi connectivity index (χ4v) is 6.32. The number of halogens is 8. The standard InChI is InChI=1S/C30H27F8N7O2S2/c1-17(2)22-11-8-20(43(3)4)14-25(22)45-26(46)15-48-29(45)41-28(47)40-24-12-5-18(13-23(24)30(31,32)33)27-39-16-44(42-27)19-6-9-21(10-7-19)49(34,35,36,37)38/h5-14,16-17H,15H2,1-4H3,(H,40,47)/b41-29-. The zero-order valence-electron chi connectivity index (χ0n) is 26.0. The van der Waals surface area contributed by atoms with Crippen LogP contribution in [0.3, 0.4) is 0 Å². The van der Waals surface area contributed by atoms with E-state index in [1.165, 1.54) is 4.90 Å². The third-order valence-electron chi connectivity index (χ3n) is 7.22. The molecule has 5 rings (SSSR count). The molecule has 49 heavy (non-hydrogen) atoms. The zero-order valence-corrected chi connectivity index (χ0v) is 27.6. The number of hydrogen-bond donors (Lipinski definition) is 1. The number of urea groups is 1. The number of nitrogens with one attached hydrogen (secondary N) is 1. The van der Waals surface area contributed by atoms with Crippen LogP contribution in [0.5, 0.6) is 0 Å². The van der Waals surface area contributed by atoms with Crippen molar-refractivity contribution in [2.24, 2.45) is 4.99 Å². The van der Waals surface area contributed by atoms with Crippen molar-refractivity contribution in [3.63, 3.8) is 0 Å². The molecule has 262 valence electrons. The fourth-order valence-electron chi connectivity index (χ4n) is 4.81. The van der Waals surface area contributed by atoms with Gasteiger partial charge in [-0.15, -0.1) is 5.10 Å². The molecule has 0 radical (unpaired) electrons. The Morgan fingerprint density at radius 3 is 2.27 bits per heavy atom. The van der Waals surface area contributed by atoms with Crippen LogP contribution in [0.1, 0.15) is 30.9 Å². The highest BCUT2D eigenvalue weighted by molar-refractivity contribution is 8.45. The monoisotopic (exact) mass is 733 g/mol. The number of anilines is 3. The maximum atomic E-state index is 14.2. The van der Waals surface area contributed by atoms with Gasteiger partial charge in [-0.3, -0.25) is 9.69 Å². The number of carbonyl (C=O) groups excluding carboxylic acids is 2. The van der Waals surface area contributed by atoms with E-state index in [2.05, 4.69) is 20.4 Å². The molecule has 3 amide bonds. The zero-order chi connectivity index (χ0) is 36.2. The third-order valence-corrected chi connectivity index (χ3v) is 9.31. The van der Waals surface area contributed by atoms with Gasteiger partial charge in [0, 0.05) is 25.3 Å². The summed E-state index contributed by atoms with van der Waals surface area (Å²) in [6.07, 6.45) is -4.01. The van der Waals surface area contributed by atoms with Gasteiger partial charge in [0.05, 0.1) is 28.4 Å². The topological polar surface area (TPSA) is 95.7 Å². The van der Waals surface area contributed by atoms with E-state index in [9.17, 15) is 42.2 Å². The molecule has 19 heteroatoms. The summed E-state index contributed by atoms with van der Waals surface area (Å²) in [7, 11) is -6.29. The summed E-state index contributed by atoms with van der Waals surface area (Å²) in [4.78, 5) is 34.8. The number of nitrogens with zero attached hydrogens (tertiary/aromatic N) is 6. The van der Waals surface area contributed by atoms with Crippen molar-refractivity contribution in [3.8, 4) is 17.1 Å². The lowest BCUT2D eigenvalue weighted by Gasteiger charge is -2.40. The van der Waals surface area contributed by atoms with E-state index in [-0.39, 0.29) is 52.0 Å². The lowest BCUT2D eigenvalue weighted by atomic mass is 9.99. The highest BCUT2D eigenvalue weighted by atomic mass is 32.5. The largest absolute Gasteiger partial charge is 0.418 e. The van der Waals surface area contributed by atoms with Gasteiger partial charge in [0.25, 0.3) is 0 Å². The number of benzene rings is 3. The molecule has 1 aliphatic heterocycles. The Hall–Kier alpha value is -4.65. The lowest BCUT2D eigenvalue weighted by Crippen LogP contribution is -2.31. The first-order chi connectivity index (χ1) is 22.5. The minimum Gasteiger partial charge on any atom is -0.378 e. The van der Waals surface area contributed by atoms with Crippen molar-refractivity contribution in [3.05, 3.63) is 78.1 Å². The van der Waals surface area contributed by atoms with Crippen LogP contribution in [0.2, 0.25) is 0 Å². The summed E-state index contributed by atoms with van der Waals surface area (Å²) in [5.41, 5.74) is -0.184. The number of hydrogen-bond acceptors (Lipinski definition) is 6. The van der Waals surface area contributed by atoms with Crippen LogP contribution >= 0.6 is 22.0 Å². The molecule has 0 aliphatic carbocycles. The molecular formula is C30H27F8N7O2S2. The number of aromatic nitrogens is 3. The molecule has 0 unspecified atom stereocenters. The number of alkyl halides is 3. The molecule has 4 aromatic rings. The first-order valence-corrected chi connectivity index (χ1v) is 17.1. The van der Waals surface area contributed by atoms with Crippen molar-refractivity contribution in [1.29, 1.82) is 0 Å². The lowest BCUT2D eigenvalue weighted by molar-refractivity contribution is -0.136. The Morgan fingerprint density at radius 2 is 1.67 bits per heavy atom. The first kappa shape index (κ1) is 35.7. The Morgan fingerprint density at radius 1 is 1.00 bits per heavy atom. The fraction of sp³-hybridized carbons (Fsp3) is 0.233. The second kappa shape index (κ2) is 11.7. The predicted octanol–water partition coefficient (Wildman–Crippen LogP) is 9.47. The summed E-state index contributed by atoms with van der Waals surface area (Å²) in [5.74, 6) is -0.703. The quantitative estimate of drug-likeness (QED) is 0.190. The van der Waals surface area contributed by atoms with Crippen LogP contribution in [0.15, 0.2) is 76.9 Å². The van der Waals surface area contributed by atoms with Crippen molar-refractivity contribution in [2.75, 3.05) is 35.0 Å². The van der Waals surface area contributed by atoms with E-state index in [0.29, 0.717) is 23.9 Å². The normalized spacial score (nSPS) is 16.2. The summed E-state index contributed by atoms with van der Waals surface area (Å²) in [5, 5.41) is 6.08. The van der Waals surface area contributed by atoms with E-state index >= 15 is 0 Å². The number of amidine groups is 1. The molecule has 3 aromatic carbocycles. The van der Waals surface area contributed by atoms with E-state index < -0.39 is 38.6 Å². The van der Waals surface area contributed by atoms with E-state index in [4.69, 9.17) is 0 Å². The van der Waals surface area contributed by atoms with Crippen LogP contribution in [0.25, 0.3) is 17.1 Å². The number of carbonyl (C=O) groups is 2.